The average molecular weight is 624 g/mol. The molecule has 0 N–H and O–H groups in total. The summed E-state index contributed by atoms with van der Waals surface area (Å²) in [6.07, 6.45) is 1.57. The van der Waals surface area contributed by atoms with Crippen molar-refractivity contribution < 1.29 is 28.2 Å². The zero-order valence-corrected chi connectivity index (χ0v) is 21.8. The van der Waals surface area contributed by atoms with Crippen molar-refractivity contribution >= 4 is 69.1 Å². The summed E-state index contributed by atoms with van der Waals surface area (Å²) in [5, 5.41) is 0.0842. The molecule has 0 radical (unpaired) electrons. The van der Waals surface area contributed by atoms with Gasteiger partial charge in [0.05, 0.1) is 27.7 Å². The number of ether oxygens (including phenoxy) is 2. The minimum atomic E-state index is -0.576. The summed E-state index contributed by atoms with van der Waals surface area (Å²) in [4.78, 5) is 39.2. The van der Waals surface area contributed by atoms with E-state index < -0.39 is 22.9 Å². The first-order chi connectivity index (χ1) is 16.7. The maximum absolute atomic E-state index is 13.1. The fourth-order valence-corrected chi connectivity index (χ4v) is 4.92. The van der Waals surface area contributed by atoms with Crippen LogP contribution in [0.5, 0.6) is 11.5 Å². The molecule has 0 atom stereocenters. The Labute approximate surface area is 223 Å². The van der Waals surface area contributed by atoms with E-state index in [9.17, 15) is 18.8 Å². The fraction of sp³-hybridized carbons (Fsp3) is 0.0800. The molecule has 178 valence electrons. The van der Waals surface area contributed by atoms with Gasteiger partial charge in [-0.2, -0.15) is 0 Å². The van der Waals surface area contributed by atoms with Crippen molar-refractivity contribution in [3.05, 3.63) is 96.7 Å². The van der Waals surface area contributed by atoms with Crippen molar-refractivity contribution in [2.24, 2.45) is 0 Å². The van der Waals surface area contributed by atoms with Crippen molar-refractivity contribution in [3.8, 4) is 11.5 Å². The third-order valence-electron chi connectivity index (χ3n) is 4.95. The van der Waals surface area contributed by atoms with Crippen molar-refractivity contribution in [1.29, 1.82) is 0 Å². The number of halogens is 3. The molecular formula is C25H16ClFINO5S. The summed E-state index contributed by atoms with van der Waals surface area (Å²) in [6, 6.07) is 15.2. The topological polar surface area (TPSA) is 72.9 Å². The van der Waals surface area contributed by atoms with E-state index in [-0.39, 0.29) is 22.9 Å². The first-order valence-electron chi connectivity index (χ1n) is 10.1. The van der Waals surface area contributed by atoms with Crippen molar-refractivity contribution in [3.63, 3.8) is 0 Å². The predicted octanol–water partition coefficient (Wildman–Crippen LogP) is 6.55. The minimum Gasteiger partial charge on any atom is -0.493 e. The van der Waals surface area contributed by atoms with Gasteiger partial charge in [0.2, 0.25) is 0 Å². The van der Waals surface area contributed by atoms with E-state index in [1.807, 2.05) is 22.6 Å². The molecular weight excluding hydrogens is 608 g/mol. The molecule has 1 aliphatic heterocycles. The number of imide groups is 1. The molecule has 0 saturated carbocycles. The number of methoxy groups -OCH3 is 1. The number of benzene rings is 3. The van der Waals surface area contributed by atoms with Crippen LogP contribution >= 0.6 is 46.0 Å². The molecule has 2 amide bonds. The highest BCUT2D eigenvalue weighted by atomic mass is 127. The van der Waals surface area contributed by atoms with Crippen molar-refractivity contribution in [2.75, 3.05) is 7.11 Å². The number of carbonyl (C=O) groups excluding carboxylic acids is 3. The van der Waals surface area contributed by atoms with E-state index in [1.165, 1.54) is 31.4 Å². The Hall–Kier alpha value is -2.89. The van der Waals surface area contributed by atoms with Crippen LogP contribution in [0.4, 0.5) is 9.18 Å². The molecule has 0 bridgehead atoms. The van der Waals surface area contributed by atoms with Gasteiger partial charge in [0.15, 0.2) is 11.5 Å². The van der Waals surface area contributed by atoms with Crippen LogP contribution in [0.3, 0.4) is 0 Å². The summed E-state index contributed by atoms with van der Waals surface area (Å²) in [5.74, 6) is -0.900. The zero-order valence-electron chi connectivity index (χ0n) is 18.1. The Morgan fingerprint density at radius 2 is 1.80 bits per heavy atom. The van der Waals surface area contributed by atoms with E-state index >= 15 is 0 Å². The highest BCUT2D eigenvalue weighted by Gasteiger charge is 2.35. The molecule has 3 aromatic carbocycles. The summed E-state index contributed by atoms with van der Waals surface area (Å²) >= 11 is 8.69. The smallest absolute Gasteiger partial charge is 0.343 e. The zero-order chi connectivity index (χ0) is 25.1. The summed E-state index contributed by atoms with van der Waals surface area (Å²) < 4.78 is 24.7. The van der Waals surface area contributed by atoms with Gasteiger partial charge in [-0.25, -0.2) is 9.18 Å². The monoisotopic (exact) mass is 623 g/mol. The van der Waals surface area contributed by atoms with Gasteiger partial charge in [-0.15, -0.1) is 0 Å². The van der Waals surface area contributed by atoms with Gasteiger partial charge in [-0.3, -0.25) is 14.5 Å². The quantitative estimate of drug-likeness (QED) is 0.134. The molecule has 4 rings (SSSR count). The fourth-order valence-electron chi connectivity index (χ4n) is 3.22. The molecule has 0 spiro atoms. The van der Waals surface area contributed by atoms with Gasteiger partial charge in [-0.1, -0.05) is 23.7 Å². The molecule has 0 unspecified atom stereocenters. The number of hydrogen-bond acceptors (Lipinski definition) is 6. The SMILES string of the molecule is COc1cc(/C=C2\SC(=O)N(Cc3ccc(F)cc3)C2=O)cc(I)c1OC(=O)c1ccc(Cl)cc1. The lowest BCUT2D eigenvalue weighted by Crippen LogP contribution is -2.27. The Balaban J connectivity index is 1.55. The summed E-state index contributed by atoms with van der Waals surface area (Å²) in [5.41, 5.74) is 1.55. The Morgan fingerprint density at radius 3 is 2.46 bits per heavy atom. The molecule has 3 aromatic rings. The molecule has 6 nitrogen and oxygen atoms in total. The van der Waals surface area contributed by atoms with Crippen LogP contribution in [0, 0.1) is 9.39 Å². The van der Waals surface area contributed by atoms with Gasteiger partial charge in [-0.05, 0) is 100 Å². The summed E-state index contributed by atoms with van der Waals surface area (Å²) in [7, 11) is 1.44. The number of rotatable bonds is 6. The Bertz CT molecular complexity index is 1350. The van der Waals surface area contributed by atoms with Crippen LogP contribution in [0.15, 0.2) is 65.6 Å². The second kappa shape index (κ2) is 10.8. The van der Waals surface area contributed by atoms with E-state index in [0.717, 1.165) is 16.7 Å². The number of nitrogens with zero attached hydrogens (tertiary/aromatic N) is 1. The van der Waals surface area contributed by atoms with Gasteiger partial charge in [0.25, 0.3) is 11.1 Å². The molecule has 1 saturated heterocycles. The van der Waals surface area contributed by atoms with Crippen LogP contribution < -0.4 is 9.47 Å². The minimum absolute atomic E-state index is 0.0444. The highest BCUT2D eigenvalue weighted by molar-refractivity contribution is 14.1. The lowest BCUT2D eigenvalue weighted by atomic mass is 10.1. The highest BCUT2D eigenvalue weighted by Crippen LogP contribution is 2.38. The van der Waals surface area contributed by atoms with Gasteiger partial charge < -0.3 is 9.47 Å². The lowest BCUT2D eigenvalue weighted by Gasteiger charge is -2.13. The molecule has 1 fully saturated rings. The number of thioether (sulfide) groups is 1. The third kappa shape index (κ3) is 5.85. The second-order valence-corrected chi connectivity index (χ2v) is 9.92. The molecule has 0 aromatic heterocycles. The normalized spacial score (nSPS) is 14.5. The van der Waals surface area contributed by atoms with Gasteiger partial charge in [0.1, 0.15) is 5.82 Å². The first kappa shape index (κ1) is 25.2. The first-order valence-corrected chi connectivity index (χ1v) is 12.4. The summed E-state index contributed by atoms with van der Waals surface area (Å²) in [6.45, 7) is 0.0444. The Kier molecular flexibility index (Phi) is 7.78. The van der Waals surface area contributed by atoms with E-state index in [4.69, 9.17) is 21.1 Å². The van der Waals surface area contributed by atoms with Crippen molar-refractivity contribution in [2.45, 2.75) is 6.54 Å². The van der Waals surface area contributed by atoms with Crippen LogP contribution in [0.2, 0.25) is 5.02 Å². The maximum atomic E-state index is 13.1. The number of esters is 1. The van der Waals surface area contributed by atoms with Crippen LogP contribution in [0.1, 0.15) is 21.5 Å². The largest absolute Gasteiger partial charge is 0.493 e. The predicted molar refractivity (Wildman–Crippen MR) is 140 cm³/mol. The lowest BCUT2D eigenvalue weighted by molar-refractivity contribution is -0.123. The average Bonchev–Trinajstić information content (AvgIpc) is 3.09. The van der Waals surface area contributed by atoms with Gasteiger partial charge in [0, 0.05) is 5.02 Å². The molecule has 35 heavy (non-hydrogen) atoms. The van der Waals surface area contributed by atoms with Gasteiger partial charge >= 0.3 is 5.97 Å². The van der Waals surface area contributed by atoms with E-state index in [0.29, 0.717) is 25.3 Å². The molecule has 1 heterocycles. The Morgan fingerprint density at radius 1 is 1.11 bits per heavy atom. The van der Waals surface area contributed by atoms with Crippen LogP contribution in [-0.4, -0.2) is 29.1 Å². The van der Waals surface area contributed by atoms with Crippen LogP contribution in [0.25, 0.3) is 6.08 Å². The second-order valence-electron chi connectivity index (χ2n) is 7.32. The van der Waals surface area contributed by atoms with Crippen molar-refractivity contribution in [1.82, 2.24) is 4.90 Å². The third-order valence-corrected chi connectivity index (χ3v) is 6.91. The maximum Gasteiger partial charge on any atom is 0.343 e. The van der Waals surface area contributed by atoms with Crippen LogP contribution in [-0.2, 0) is 11.3 Å². The number of hydrogen-bond donors (Lipinski definition) is 0. The molecule has 10 heteroatoms. The number of carbonyl (C=O) groups is 3. The van der Waals surface area contributed by atoms with E-state index in [2.05, 4.69) is 0 Å². The number of amides is 2. The van der Waals surface area contributed by atoms with E-state index in [1.54, 1.807) is 42.5 Å². The molecule has 0 aliphatic carbocycles. The standard InChI is InChI=1S/C25H16ClFINO5S/c1-33-20-11-15(10-19(28)22(20)34-24(31)16-4-6-17(26)7-5-16)12-21-23(30)29(25(32)35-21)13-14-2-8-18(27)9-3-14/h2-12H,13H2,1H3/b21-12-. The molecule has 1 aliphatic rings.